The summed E-state index contributed by atoms with van der Waals surface area (Å²) in [4.78, 5) is 32.7. The van der Waals surface area contributed by atoms with Crippen LogP contribution in [0, 0.1) is 5.92 Å². The normalized spacial score (nSPS) is 21.4. The van der Waals surface area contributed by atoms with Gasteiger partial charge in [-0.25, -0.2) is 0 Å². The van der Waals surface area contributed by atoms with Gasteiger partial charge in [0, 0.05) is 39.3 Å². The highest BCUT2D eigenvalue weighted by molar-refractivity contribution is 6.35. The molecule has 0 radical (unpaired) electrons. The third-order valence-electron chi connectivity index (χ3n) is 6.44. The topological polar surface area (TPSA) is 62.3 Å². The first-order valence-corrected chi connectivity index (χ1v) is 11.5. The number of rotatable bonds is 7. The minimum absolute atomic E-state index is 0.156. The zero-order valence-electron chi connectivity index (χ0n) is 18.6. The summed E-state index contributed by atoms with van der Waals surface area (Å²) in [6.07, 6.45) is 2.07. The molecular weight excluding hydrogens is 394 g/mol. The molecule has 4 rings (SSSR count). The SMILES string of the molecule is CCOc1ccc(C2=C(N3CCC(C)CC3)C(=O)N(CCN3CCOCC3)C2=O)cc1. The van der Waals surface area contributed by atoms with Crippen molar-refractivity contribution in [1.29, 1.82) is 0 Å². The second-order valence-corrected chi connectivity index (χ2v) is 8.57. The summed E-state index contributed by atoms with van der Waals surface area (Å²) in [6, 6.07) is 7.53. The molecule has 2 saturated heterocycles. The third-order valence-corrected chi connectivity index (χ3v) is 6.44. The predicted molar refractivity (Wildman–Crippen MR) is 118 cm³/mol. The smallest absolute Gasteiger partial charge is 0.277 e. The zero-order chi connectivity index (χ0) is 21.8. The van der Waals surface area contributed by atoms with Crippen LogP contribution < -0.4 is 4.74 Å². The van der Waals surface area contributed by atoms with Gasteiger partial charge in [-0.2, -0.15) is 0 Å². The van der Waals surface area contributed by atoms with Crippen molar-refractivity contribution in [2.24, 2.45) is 5.92 Å². The fraction of sp³-hybridized carbons (Fsp3) is 0.583. The van der Waals surface area contributed by atoms with Gasteiger partial charge in [0.2, 0.25) is 0 Å². The number of benzene rings is 1. The van der Waals surface area contributed by atoms with Gasteiger partial charge in [0.15, 0.2) is 0 Å². The van der Waals surface area contributed by atoms with E-state index in [1.54, 1.807) is 0 Å². The van der Waals surface area contributed by atoms with Gasteiger partial charge in [0.05, 0.1) is 25.4 Å². The van der Waals surface area contributed by atoms with Gasteiger partial charge in [-0.3, -0.25) is 19.4 Å². The van der Waals surface area contributed by atoms with Crippen molar-refractivity contribution in [3.8, 4) is 5.75 Å². The Hall–Kier alpha value is -2.38. The number of carbonyl (C=O) groups excluding carboxylic acids is 2. The summed E-state index contributed by atoms with van der Waals surface area (Å²) in [6.45, 7) is 10.6. The van der Waals surface area contributed by atoms with Crippen molar-refractivity contribution < 1.29 is 19.1 Å². The van der Waals surface area contributed by atoms with E-state index in [-0.39, 0.29) is 11.8 Å². The minimum atomic E-state index is -0.184. The van der Waals surface area contributed by atoms with E-state index >= 15 is 0 Å². The van der Waals surface area contributed by atoms with Crippen LogP contribution in [0.15, 0.2) is 30.0 Å². The molecule has 3 heterocycles. The summed E-state index contributed by atoms with van der Waals surface area (Å²) in [7, 11) is 0. The fourth-order valence-corrected chi connectivity index (χ4v) is 4.50. The summed E-state index contributed by atoms with van der Waals surface area (Å²) in [5.41, 5.74) is 1.89. The maximum atomic E-state index is 13.5. The van der Waals surface area contributed by atoms with Gasteiger partial charge in [0.1, 0.15) is 11.4 Å². The molecule has 1 aromatic rings. The van der Waals surface area contributed by atoms with Crippen molar-refractivity contribution in [3.05, 3.63) is 35.5 Å². The highest BCUT2D eigenvalue weighted by Crippen LogP contribution is 2.34. The Morgan fingerprint density at radius 1 is 0.968 bits per heavy atom. The molecule has 0 unspecified atom stereocenters. The number of piperidine rings is 1. The van der Waals surface area contributed by atoms with E-state index in [0.29, 0.717) is 50.1 Å². The monoisotopic (exact) mass is 427 g/mol. The third kappa shape index (κ3) is 4.77. The lowest BCUT2D eigenvalue weighted by Crippen LogP contribution is -2.44. The molecule has 31 heavy (non-hydrogen) atoms. The molecule has 1 aromatic carbocycles. The Labute approximate surface area is 184 Å². The molecule has 0 N–H and O–H groups in total. The number of hydrogen-bond acceptors (Lipinski definition) is 6. The Balaban J connectivity index is 1.59. The second-order valence-electron chi connectivity index (χ2n) is 8.57. The molecule has 7 nitrogen and oxygen atoms in total. The van der Waals surface area contributed by atoms with Crippen molar-refractivity contribution in [2.75, 3.05) is 59.1 Å². The first-order valence-electron chi connectivity index (χ1n) is 11.5. The van der Waals surface area contributed by atoms with Crippen LogP contribution in [0.25, 0.3) is 5.57 Å². The number of carbonyl (C=O) groups is 2. The van der Waals surface area contributed by atoms with Crippen LogP contribution in [0.4, 0.5) is 0 Å². The number of ether oxygens (including phenoxy) is 2. The van der Waals surface area contributed by atoms with Crippen molar-refractivity contribution >= 4 is 17.4 Å². The van der Waals surface area contributed by atoms with Crippen molar-refractivity contribution in [3.63, 3.8) is 0 Å². The largest absolute Gasteiger partial charge is 0.494 e. The highest BCUT2D eigenvalue weighted by atomic mass is 16.5. The number of amides is 2. The molecule has 0 atom stereocenters. The van der Waals surface area contributed by atoms with Crippen LogP contribution in [0.1, 0.15) is 32.3 Å². The molecule has 0 aliphatic carbocycles. The van der Waals surface area contributed by atoms with Crippen LogP contribution in [-0.4, -0.2) is 85.6 Å². The van der Waals surface area contributed by atoms with Gasteiger partial charge < -0.3 is 14.4 Å². The Bertz CT molecular complexity index is 822. The van der Waals surface area contributed by atoms with E-state index in [2.05, 4.69) is 16.7 Å². The van der Waals surface area contributed by atoms with Crippen LogP contribution >= 0.6 is 0 Å². The van der Waals surface area contributed by atoms with Crippen molar-refractivity contribution in [2.45, 2.75) is 26.7 Å². The molecule has 3 aliphatic rings. The predicted octanol–water partition coefficient (Wildman–Crippen LogP) is 2.23. The van der Waals surface area contributed by atoms with E-state index in [9.17, 15) is 9.59 Å². The van der Waals surface area contributed by atoms with E-state index in [0.717, 1.165) is 50.3 Å². The second kappa shape index (κ2) is 9.83. The highest BCUT2D eigenvalue weighted by Gasteiger charge is 2.42. The Morgan fingerprint density at radius 3 is 2.29 bits per heavy atom. The van der Waals surface area contributed by atoms with Gasteiger partial charge in [-0.15, -0.1) is 0 Å². The molecule has 0 spiro atoms. The molecule has 3 aliphatic heterocycles. The fourth-order valence-electron chi connectivity index (χ4n) is 4.50. The van der Waals surface area contributed by atoms with Gasteiger partial charge in [-0.05, 0) is 43.4 Å². The molecule has 2 fully saturated rings. The minimum Gasteiger partial charge on any atom is -0.494 e. The van der Waals surface area contributed by atoms with E-state index < -0.39 is 0 Å². The van der Waals surface area contributed by atoms with Gasteiger partial charge in [0.25, 0.3) is 11.8 Å². The number of morpholine rings is 1. The van der Waals surface area contributed by atoms with E-state index in [4.69, 9.17) is 9.47 Å². The summed E-state index contributed by atoms with van der Waals surface area (Å²) in [5.74, 6) is 1.07. The molecule has 168 valence electrons. The van der Waals surface area contributed by atoms with Gasteiger partial charge >= 0.3 is 0 Å². The van der Waals surface area contributed by atoms with Crippen LogP contribution in [0.2, 0.25) is 0 Å². The van der Waals surface area contributed by atoms with E-state index in [1.807, 2.05) is 31.2 Å². The summed E-state index contributed by atoms with van der Waals surface area (Å²) >= 11 is 0. The summed E-state index contributed by atoms with van der Waals surface area (Å²) in [5, 5.41) is 0. The van der Waals surface area contributed by atoms with Crippen LogP contribution in [-0.2, 0) is 14.3 Å². The quantitative estimate of drug-likeness (QED) is 0.622. The standard InChI is InChI=1S/C24H33N3O4/c1-3-31-20-6-4-19(5-7-20)21-22(26-10-8-18(2)9-11-26)24(29)27(23(21)28)13-12-25-14-16-30-17-15-25/h4-7,18H,3,8-17H2,1-2H3. The van der Waals surface area contributed by atoms with Crippen molar-refractivity contribution in [1.82, 2.24) is 14.7 Å². The molecule has 0 saturated carbocycles. The molecular formula is C24H33N3O4. The van der Waals surface area contributed by atoms with E-state index in [1.165, 1.54) is 4.90 Å². The van der Waals surface area contributed by atoms with Gasteiger partial charge in [-0.1, -0.05) is 19.1 Å². The lowest BCUT2D eigenvalue weighted by Gasteiger charge is -2.33. The zero-order valence-corrected chi connectivity index (χ0v) is 18.6. The lowest BCUT2D eigenvalue weighted by molar-refractivity contribution is -0.138. The Morgan fingerprint density at radius 2 is 1.65 bits per heavy atom. The van der Waals surface area contributed by atoms with Crippen LogP contribution in [0.3, 0.4) is 0 Å². The molecule has 0 bridgehead atoms. The number of hydrogen-bond donors (Lipinski definition) is 0. The molecule has 2 amide bonds. The maximum absolute atomic E-state index is 13.5. The number of imide groups is 1. The maximum Gasteiger partial charge on any atom is 0.277 e. The number of likely N-dealkylation sites (tertiary alicyclic amines) is 1. The lowest BCUT2D eigenvalue weighted by atomic mass is 9.97. The Kier molecular flexibility index (Phi) is 6.92. The average Bonchev–Trinajstić information content (AvgIpc) is 3.04. The molecule has 0 aromatic heterocycles. The number of nitrogens with zero attached hydrogens (tertiary/aromatic N) is 3. The average molecular weight is 428 g/mol. The molecule has 7 heteroatoms. The summed E-state index contributed by atoms with van der Waals surface area (Å²) < 4.78 is 11.0. The first-order chi connectivity index (χ1) is 15.1. The first kappa shape index (κ1) is 21.8. The van der Waals surface area contributed by atoms with Crippen LogP contribution in [0.5, 0.6) is 5.75 Å².